The first-order chi connectivity index (χ1) is 14.6. The molecule has 0 saturated carbocycles. The molecule has 4 rings (SSSR count). The molecule has 0 unspecified atom stereocenters. The number of piperidine rings is 1. The van der Waals surface area contributed by atoms with Crippen LogP contribution in [0.3, 0.4) is 0 Å². The third-order valence-corrected chi connectivity index (χ3v) is 5.36. The van der Waals surface area contributed by atoms with E-state index in [1.54, 1.807) is 25.3 Å². The van der Waals surface area contributed by atoms with Gasteiger partial charge in [-0.15, -0.1) is 0 Å². The molecule has 0 spiro atoms. The van der Waals surface area contributed by atoms with Crippen molar-refractivity contribution in [2.75, 3.05) is 19.0 Å². The van der Waals surface area contributed by atoms with Gasteiger partial charge in [-0.2, -0.15) is 0 Å². The minimum Gasteiger partial charge on any atom is -0.496 e. The molecule has 1 aliphatic heterocycles. The van der Waals surface area contributed by atoms with E-state index >= 15 is 0 Å². The second-order valence-electron chi connectivity index (χ2n) is 7.00. The molecule has 156 valence electrons. The van der Waals surface area contributed by atoms with Crippen molar-refractivity contribution in [3.8, 4) is 5.75 Å². The number of rotatable bonds is 6. The Bertz CT molecular complexity index is 1090. The van der Waals surface area contributed by atoms with Crippen molar-refractivity contribution in [1.82, 2.24) is 20.6 Å². The zero-order valence-electron chi connectivity index (χ0n) is 16.3. The summed E-state index contributed by atoms with van der Waals surface area (Å²) in [6.07, 6.45) is 3.12. The third-order valence-electron chi connectivity index (χ3n) is 5.07. The van der Waals surface area contributed by atoms with Crippen LogP contribution in [0.25, 0.3) is 10.9 Å². The van der Waals surface area contributed by atoms with E-state index < -0.39 is 5.82 Å². The molecular weight excluding hydrogens is 409 g/mol. The summed E-state index contributed by atoms with van der Waals surface area (Å²) >= 11 is 5.88. The summed E-state index contributed by atoms with van der Waals surface area (Å²) in [7, 11) is 1.58. The van der Waals surface area contributed by atoms with Gasteiger partial charge < -0.3 is 20.7 Å². The van der Waals surface area contributed by atoms with E-state index in [0.717, 1.165) is 18.4 Å². The van der Waals surface area contributed by atoms with Crippen LogP contribution in [0, 0.1) is 5.82 Å². The van der Waals surface area contributed by atoms with Gasteiger partial charge in [-0.05, 0) is 31.0 Å². The van der Waals surface area contributed by atoms with Gasteiger partial charge in [0.25, 0.3) is 0 Å². The van der Waals surface area contributed by atoms with E-state index in [0.29, 0.717) is 35.6 Å². The van der Waals surface area contributed by atoms with Crippen LogP contribution in [0.2, 0.25) is 5.02 Å². The maximum atomic E-state index is 14.3. The van der Waals surface area contributed by atoms with Crippen molar-refractivity contribution in [3.05, 3.63) is 53.1 Å². The monoisotopic (exact) mass is 429 g/mol. The van der Waals surface area contributed by atoms with Crippen LogP contribution in [0.5, 0.6) is 5.75 Å². The Hall–Kier alpha value is -2.97. The largest absolute Gasteiger partial charge is 0.496 e. The molecule has 1 fully saturated rings. The molecule has 2 aromatic carbocycles. The minimum atomic E-state index is -0.551. The van der Waals surface area contributed by atoms with Gasteiger partial charge in [0.15, 0.2) is 5.82 Å². The average molecular weight is 430 g/mol. The fraction of sp³-hybridized carbons (Fsp3) is 0.286. The number of hydrogen-bond donors (Lipinski definition) is 3. The lowest BCUT2D eigenvalue weighted by Gasteiger charge is -2.23. The predicted molar refractivity (Wildman–Crippen MR) is 114 cm³/mol. The first kappa shape index (κ1) is 20.3. The SMILES string of the molecule is COc1cc2ncnc(Nc3cccc(Cl)c3F)c2cc1CN[C@H]1CCCNC1=O. The number of nitrogens with zero attached hydrogens (tertiary/aromatic N) is 2. The Kier molecular flexibility index (Phi) is 5.96. The van der Waals surface area contributed by atoms with E-state index in [4.69, 9.17) is 16.3 Å². The highest BCUT2D eigenvalue weighted by molar-refractivity contribution is 6.31. The van der Waals surface area contributed by atoms with Crippen LogP contribution in [-0.2, 0) is 11.3 Å². The number of hydrogen-bond acceptors (Lipinski definition) is 6. The number of fused-ring (bicyclic) bond motifs is 1. The molecule has 1 aliphatic rings. The molecule has 2 heterocycles. The van der Waals surface area contributed by atoms with Gasteiger partial charge >= 0.3 is 0 Å². The van der Waals surface area contributed by atoms with Gasteiger partial charge in [-0.1, -0.05) is 17.7 Å². The van der Waals surface area contributed by atoms with Crippen LogP contribution < -0.4 is 20.7 Å². The van der Waals surface area contributed by atoms with Crippen molar-refractivity contribution in [3.63, 3.8) is 0 Å². The van der Waals surface area contributed by atoms with Crippen LogP contribution in [-0.4, -0.2) is 35.6 Å². The molecule has 7 nitrogen and oxygen atoms in total. The van der Waals surface area contributed by atoms with Crippen LogP contribution >= 0.6 is 11.6 Å². The lowest BCUT2D eigenvalue weighted by Crippen LogP contribution is -2.47. The molecule has 1 amide bonds. The third kappa shape index (κ3) is 4.15. The maximum absolute atomic E-state index is 14.3. The second kappa shape index (κ2) is 8.81. The van der Waals surface area contributed by atoms with Gasteiger partial charge in [0.05, 0.1) is 29.4 Å². The van der Waals surface area contributed by atoms with Crippen molar-refractivity contribution < 1.29 is 13.9 Å². The minimum absolute atomic E-state index is 0.00289. The molecule has 3 aromatic rings. The van der Waals surface area contributed by atoms with Crippen molar-refractivity contribution in [1.29, 1.82) is 0 Å². The molecule has 9 heteroatoms. The molecule has 30 heavy (non-hydrogen) atoms. The summed E-state index contributed by atoms with van der Waals surface area (Å²) in [5.74, 6) is 0.540. The summed E-state index contributed by atoms with van der Waals surface area (Å²) in [6.45, 7) is 1.14. The molecule has 0 radical (unpaired) electrons. The van der Waals surface area contributed by atoms with Gasteiger partial charge in [0.2, 0.25) is 5.91 Å². The number of benzene rings is 2. The summed E-state index contributed by atoms with van der Waals surface area (Å²) in [4.78, 5) is 20.6. The molecule has 1 saturated heterocycles. The molecule has 3 N–H and O–H groups in total. The summed E-state index contributed by atoms with van der Waals surface area (Å²) in [5.41, 5.74) is 1.70. The van der Waals surface area contributed by atoms with Gasteiger partial charge in [-0.25, -0.2) is 14.4 Å². The highest BCUT2D eigenvalue weighted by atomic mass is 35.5. The zero-order valence-corrected chi connectivity index (χ0v) is 17.1. The smallest absolute Gasteiger partial charge is 0.237 e. The van der Waals surface area contributed by atoms with Crippen molar-refractivity contribution >= 4 is 39.9 Å². The number of aromatic nitrogens is 2. The van der Waals surface area contributed by atoms with E-state index in [1.165, 1.54) is 12.4 Å². The van der Waals surface area contributed by atoms with E-state index in [2.05, 4.69) is 25.9 Å². The fourth-order valence-corrected chi connectivity index (χ4v) is 3.66. The quantitative estimate of drug-likeness (QED) is 0.555. The number of carbonyl (C=O) groups excluding carboxylic acids is 1. The lowest BCUT2D eigenvalue weighted by atomic mass is 10.1. The van der Waals surface area contributed by atoms with E-state index in [-0.39, 0.29) is 22.7 Å². The van der Waals surface area contributed by atoms with Crippen LogP contribution in [0.4, 0.5) is 15.9 Å². The van der Waals surface area contributed by atoms with Gasteiger partial charge in [-0.3, -0.25) is 4.79 Å². The number of halogens is 2. The number of ether oxygens (including phenoxy) is 1. The number of amides is 1. The summed E-state index contributed by atoms with van der Waals surface area (Å²) in [6, 6.07) is 8.16. The number of methoxy groups -OCH3 is 1. The number of carbonyl (C=O) groups is 1. The Morgan fingerprint density at radius 2 is 2.20 bits per heavy atom. The molecule has 1 atom stereocenters. The zero-order chi connectivity index (χ0) is 21.1. The molecule has 0 aliphatic carbocycles. The standard InChI is InChI=1S/C21H21ClFN5O2/c1-30-18-9-17-13(8-12(18)10-25-16-6-3-7-24-21(16)29)20(27-11-26-17)28-15-5-2-4-14(22)19(15)23/h2,4-5,8-9,11,16,25H,3,6-7,10H2,1H3,(H,24,29)(H,26,27,28)/t16-/m0/s1. The first-order valence-electron chi connectivity index (χ1n) is 9.60. The predicted octanol–water partition coefficient (Wildman–Crippen LogP) is 3.54. The maximum Gasteiger partial charge on any atom is 0.237 e. The number of anilines is 2. The highest BCUT2D eigenvalue weighted by Gasteiger charge is 2.22. The fourth-order valence-electron chi connectivity index (χ4n) is 3.48. The summed E-state index contributed by atoms with van der Waals surface area (Å²) in [5, 5.41) is 9.86. The Morgan fingerprint density at radius 1 is 1.33 bits per heavy atom. The Labute approximate surface area is 178 Å². The average Bonchev–Trinajstić information content (AvgIpc) is 2.76. The normalized spacial score (nSPS) is 16.4. The Morgan fingerprint density at radius 3 is 3.00 bits per heavy atom. The Balaban J connectivity index is 1.66. The molecule has 1 aromatic heterocycles. The lowest BCUT2D eigenvalue weighted by molar-refractivity contribution is -0.124. The van der Waals surface area contributed by atoms with E-state index in [9.17, 15) is 9.18 Å². The number of nitrogens with one attached hydrogen (secondary N) is 3. The molecular formula is C21H21ClFN5O2. The topological polar surface area (TPSA) is 88.2 Å². The highest BCUT2D eigenvalue weighted by Crippen LogP contribution is 2.31. The van der Waals surface area contributed by atoms with E-state index in [1.807, 2.05) is 6.07 Å². The summed E-state index contributed by atoms with van der Waals surface area (Å²) < 4.78 is 19.9. The van der Waals surface area contributed by atoms with Crippen LogP contribution in [0.1, 0.15) is 18.4 Å². The van der Waals surface area contributed by atoms with Crippen LogP contribution in [0.15, 0.2) is 36.7 Å². The van der Waals surface area contributed by atoms with Crippen molar-refractivity contribution in [2.24, 2.45) is 0 Å². The van der Waals surface area contributed by atoms with Gasteiger partial charge in [0, 0.05) is 30.1 Å². The van der Waals surface area contributed by atoms with Crippen molar-refractivity contribution in [2.45, 2.75) is 25.4 Å². The van der Waals surface area contributed by atoms with Gasteiger partial charge in [0.1, 0.15) is 17.9 Å². The first-order valence-corrected chi connectivity index (χ1v) is 9.98. The molecule has 0 bridgehead atoms. The second-order valence-corrected chi connectivity index (χ2v) is 7.40.